The lowest BCUT2D eigenvalue weighted by Crippen LogP contribution is -1.81. The second-order valence-corrected chi connectivity index (χ2v) is 6.65. The Morgan fingerprint density at radius 2 is 2.00 bits per heavy atom. The molecule has 0 bridgehead atoms. The summed E-state index contributed by atoms with van der Waals surface area (Å²) in [5.41, 5.74) is 2.15. The topological polar surface area (TPSA) is 28.7 Å². The molecule has 0 aliphatic heterocycles. The molecule has 0 aliphatic carbocycles. The summed E-state index contributed by atoms with van der Waals surface area (Å²) >= 11 is 10.3. The number of aromatic amines is 1. The molecule has 1 aromatic heterocycles. The molecule has 2 aromatic carbocycles. The van der Waals surface area contributed by atoms with Crippen molar-refractivity contribution < 1.29 is 0 Å². The zero-order chi connectivity index (χ0) is 13.2. The standard InChI is InChI=1S/C14H10ClIN2S/c15-12-7-10(6-11-13(12)17-18-14(11)16)19-8-9-4-2-1-3-5-9/h1-7H,8H2,(H,17,18). The smallest absolute Gasteiger partial charge is 0.112 e. The Bertz CT molecular complexity index is 712. The van der Waals surface area contributed by atoms with Crippen molar-refractivity contribution in [2.24, 2.45) is 0 Å². The molecule has 0 saturated carbocycles. The van der Waals surface area contributed by atoms with Gasteiger partial charge in [-0.2, -0.15) is 5.10 Å². The van der Waals surface area contributed by atoms with E-state index in [2.05, 4.69) is 63.1 Å². The van der Waals surface area contributed by atoms with Crippen LogP contribution in [0.4, 0.5) is 0 Å². The van der Waals surface area contributed by atoms with Crippen LogP contribution in [0.25, 0.3) is 10.9 Å². The monoisotopic (exact) mass is 400 g/mol. The van der Waals surface area contributed by atoms with E-state index in [1.807, 2.05) is 12.1 Å². The maximum Gasteiger partial charge on any atom is 0.112 e. The maximum absolute atomic E-state index is 6.26. The first-order valence-corrected chi connectivity index (χ1v) is 8.18. The van der Waals surface area contributed by atoms with Gasteiger partial charge in [0.1, 0.15) is 9.22 Å². The molecule has 5 heteroatoms. The lowest BCUT2D eigenvalue weighted by Gasteiger charge is -2.03. The first-order chi connectivity index (χ1) is 9.24. The highest BCUT2D eigenvalue weighted by atomic mass is 127. The van der Waals surface area contributed by atoms with Crippen LogP contribution < -0.4 is 0 Å². The molecule has 3 aromatic rings. The Morgan fingerprint density at radius 1 is 1.21 bits per heavy atom. The number of nitrogens with zero attached hydrogens (tertiary/aromatic N) is 1. The summed E-state index contributed by atoms with van der Waals surface area (Å²) < 4.78 is 1.02. The van der Waals surface area contributed by atoms with Crippen molar-refractivity contribution in [2.75, 3.05) is 0 Å². The minimum atomic E-state index is 0.701. The van der Waals surface area contributed by atoms with E-state index < -0.39 is 0 Å². The molecule has 0 fully saturated rings. The number of benzene rings is 2. The molecule has 0 saturated heterocycles. The Hall–Kier alpha value is -0.720. The van der Waals surface area contributed by atoms with Crippen LogP contribution in [0, 0.1) is 3.70 Å². The molecular weight excluding hydrogens is 391 g/mol. The molecule has 1 heterocycles. The van der Waals surface area contributed by atoms with Crippen LogP contribution in [-0.2, 0) is 5.75 Å². The summed E-state index contributed by atoms with van der Waals surface area (Å²) in [5.74, 6) is 0.942. The van der Waals surface area contributed by atoms with Crippen LogP contribution in [0.1, 0.15) is 5.56 Å². The summed E-state index contributed by atoms with van der Waals surface area (Å²) in [6, 6.07) is 14.5. The van der Waals surface area contributed by atoms with Crippen LogP contribution in [-0.4, -0.2) is 10.2 Å². The Labute approximate surface area is 134 Å². The van der Waals surface area contributed by atoms with Crippen LogP contribution in [0.15, 0.2) is 47.4 Å². The van der Waals surface area contributed by atoms with Crippen molar-refractivity contribution in [1.82, 2.24) is 10.2 Å². The highest BCUT2D eigenvalue weighted by Crippen LogP contribution is 2.32. The first kappa shape index (κ1) is 13.3. The van der Waals surface area contributed by atoms with Gasteiger partial charge in [-0.1, -0.05) is 41.9 Å². The predicted molar refractivity (Wildman–Crippen MR) is 89.8 cm³/mol. The Kier molecular flexibility index (Phi) is 4.00. The molecule has 0 radical (unpaired) electrons. The molecular formula is C14H10ClIN2S. The quantitative estimate of drug-likeness (QED) is 0.489. The molecule has 96 valence electrons. The number of aromatic nitrogens is 2. The molecule has 3 rings (SSSR count). The zero-order valence-corrected chi connectivity index (χ0v) is 13.6. The van der Waals surface area contributed by atoms with E-state index in [1.165, 1.54) is 10.5 Å². The van der Waals surface area contributed by atoms with E-state index in [0.29, 0.717) is 5.02 Å². The Morgan fingerprint density at radius 3 is 2.79 bits per heavy atom. The van der Waals surface area contributed by atoms with E-state index in [1.54, 1.807) is 11.8 Å². The molecule has 1 N–H and O–H groups in total. The number of halogens is 2. The molecule has 0 spiro atoms. The highest BCUT2D eigenvalue weighted by molar-refractivity contribution is 14.1. The fourth-order valence-electron chi connectivity index (χ4n) is 1.84. The highest BCUT2D eigenvalue weighted by Gasteiger charge is 2.09. The molecule has 0 unspecified atom stereocenters. The second-order valence-electron chi connectivity index (χ2n) is 4.11. The number of nitrogens with one attached hydrogen (secondary N) is 1. The van der Waals surface area contributed by atoms with E-state index >= 15 is 0 Å². The van der Waals surface area contributed by atoms with Gasteiger partial charge in [-0.15, -0.1) is 11.8 Å². The van der Waals surface area contributed by atoms with Gasteiger partial charge < -0.3 is 0 Å². The van der Waals surface area contributed by atoms with Crippen molar-refractivity contribution >= 4 is 56.9 Å². The van der Waals surface area contributed by atoms with Gasteiger partial charge in [0.25, 0.3) is 0 Å². The van der Waals surface area contributed by atoms with Crippen LogP contribution in [0.3, 0.4) is 0 Å². The number of H-pyrrole nitrogens is 1. The summed E-state index contributed by atoms with van der Waals surface area (Å²) in [7, 11) is 0. The predicted octanol–water partition coefficient (Wildman–Crippen LogP) is 5.11. The number of hydrogen-bond acceptors (Lipinski definition) is 2. The van der Waals surface area contributed by atoms with Gasteiger partial charge in [0.15, 0.2) is 0 Å². The summed E-state index contributed by atoms with van der Waals surface area (Å²) in [5, 5.41) is 8.95. The molecule has 0 aliphatic rings. The minimum Gasteiger partial charge on any atom is -0.271 e. The summed E-state index contributed by atoms with van der Waals surface area (Å²) in [6.45, 7) is 0. The molecule has 2 nitrogen and oxygen atoms in total. The number of rotatable bonds is 3. The lowest BCUT2D eigenvalue weighted by atomic mass is 10.2. The average molecular weight is 401 g/mol. The van der Waals surface area contributed by atoms with E-state index in [9.17, 15) is 0 Å². The third-order valence-corrected chi connectivity index (χ3v) is 4.94. The fourth-order valence-corrected chi connectivity index (χ4v) is 3.63. The molecule has 19 heavy (non-hydrogen) atoms. The number of fused-ring (bicyclic) bond motifs is 1. The van der Waals surface area contributed by atoms with E-state index in [-0.39, 0.29) is 0 Å². The van der Waals surface area contributed by atoms with Crippen LogP contribution in [0.2, 0.25) is 5.02 Å². The van der Waals surface area contributed by atoms with Gasteiger partial charge in [0.2, 0.25) is 0 Å². The molecule has 0 atom stereocenters. The summed E-state index contributed by atoms with van der Waals surface area (Å²) in [6.07, 6.45) is 0. The largest absolute Gasteiger partial charge is 0.271 e. The average Bonchev–Trinajstić information content (AvgIpc) is 2.80. The van der Waals surface area contributed by atoms with Gasteiger partial charge in [-0.3, -0.25) is 5.10 Å². The van der Waals surface area contributed by atoms with Crippen molar-refractivity contribution in [2.45, 2.75) is 10.6 Å². The Balaban J connectivity index is 1.87. The van der Waals surface area contributed by atoms with Gasteiger partial charge in [-0.25, -0.2) is 0 Å². The first-order valence-electron chi connectivity index (χ1n) is 5.74. The molecule has 0 amide bonds. The van der Waals surface area contributed by atoms with Crippen molar-refractivity contribution in [3.05, 3.63) is 56.8 Å². The van der Waals surface area contributed by atoms with Gasteiger partial charge >= 0.3 is 0 Å². The van der Waals surface area contributed by atoms with Gasteiger partial charge in [0, 0.05) is 16.0 Å². The second kappa shape index (κ2) is 5.73. The third-order valence-electron chi connectivity index (χ3n) is 2.79. The van der Waals surface area contributed by atoms with Crippen molar-refractivity contribution in [1.29, 1.82) is 0 Å². The third kappa shape index (κ3) is 2.90. The van der Waals surface area contributed by atoms with E-state index in [0.717, 1.165) is 20.4 Å². The van der Waals surface area contributed by atoms with E-state index in [4.69, 9.17) is 11.6 Å². The van der Waals surface area contributed by atoms with Crippen LogP contribution in [0.5, 0.6) is 0 Å². The minimum absolute atomic E-state index is 0.701. The van der Waals surface area contributed by atoms with Crippen molar-refractivity contribution in [3.8, 4) is 0 Å². The maximum atomic E-state index is 6.26. The fraction of sp³-hybridized carbons (Fsp3) is 0.0714. The van der Waals surface area contributed by atoms with Crippen molar-refractivity contribution in [3.63, 3.8) is 0 Å². The zero-order valence-electron chi connectivity index (χ0n) is 9.86. The lowest BCUT2D eigenvalue weighted by molar-refractivity contribution is 1.09. The summed E-state index contributed by atoms with van der Waals surface area (Å²) in [4.78, 5) is 1.17. The van der Waals surface area contributed by atoms with Gasteiger partial charge in [-0.05, 0) is 40.3 Å². The van der Waals surface area contributed by atoms with Gasteiger partial charge in [0.05, 0.1) is 5.02 Å². The van der Waals surface area contributed by atoms with Crippen LogP contribution >= 0.6 is 46.0 Å². The SMILES string of the molecule is Clc1cc(SCc2ccccc2)cc2c(I)[nH]nc12. The normalized spacial score (nSPS) is 11.1. The number of thioether (sulfide) groups is 1. The number of hydrogen-bond donors (Lipinski definition) is 1.